The zero-order chi connectivity index (χ0) is 9.97. The number of rotatable bonds is 3. The monoisotopic (exact) mass is 194 g/mol. The van der Waals surface area contributed by atoms with Crippen molar-refractivity contribution in [3.63, 3.8) is 0 Å². The Balaban J connectivity index is 2.12. The van der Waals surface area contributed by atoms with Gasteiger partial charge in [0.15, 0.2) is 0 Å². The van der Waals surface area contributed by atoms with E-state index in [0.717, 1.165) is 25.1 Å². The SMILES string of the molecule is NCCN1CCC1c1ccccc1F. The largest absolute Gasteiger partial charge is 0.329 e. The molecule has 14 heavy (non-hydrogen) atoms. The van der Waals surface area contributed by atoms with Crippen LogP contribution in [0.15, 0.2) is 24.3 Å². The molecule has 3 heteroatoms. The van der Waals surface area contributed by atoms with Crippen molar-refractivity contribution < 1.29 is 4.39 Å². The van der Waals surface area contributed by atoms with E-state index >= 15 is 0 Å². The third-order valence-electron chi connectivity index (χ3n) is 2.81. The molecule has 1 saturated heterocycles. The summed E-state index contributed by atoms with van der Waals surface area (Å²) in [6.07, 6.45) is 1.04. The molecule has 1 aromatic rings. The van der Waals surface area contributed by atoms with Gasteiger partial charge in [-0.1, -0.05) is 18.2 Å². The van der Waals surface area contributed by atoms with Crippen LogP contribution in [0, 0.1) is 5.82 Å². The maximum absolute atomic E-state index is 13.4. The topological polar surface area (TPSA) is 29.3 Å². The highest BCUT2D eigenvalue weighted by Crippen LogP contribution is 2.33. The second-order valence-electron chi connectivity index (χ2n) is 3.65. The summed E-state index contributed by atoms with van der Waals surface area (Å²) in [5.41, 5.74) is 6.29. The van der Waals surface area contributed by atoms with E-state index in [1.807, 2.05) is 12.1 Å². The van der Waals surface area contributed by atoms with Crippen LogP contribution in [0.2, 0.25) is 0 Å². The van der Waals surface area contributed by atoms with Gasteiger partial charge in [0.25, 0.3) is 0 Å². The van der Waals surface area contributed by atoms with Gasteiger partial charge in [0.1, 0.15) is 5.82 Å². The van der Waals surface area contributed by atoms with Crippen molar-refractivity contribution in [2.24, 2.45) is 5.73 Å². The van der Waals surface area contributed by atoms with Crippen molar-refractivity contribution in [2.75, 3.05) is 19.6 Å². The lowest BCUT2D eigenvalue weighted by Crippen LogP contribution is -2.43. The molecular formula is C11H15FN2. The molecule has 1 heterocycles. The van der Waals surface area contributed by atoms with Crippen LogP contribution in [-0.4, -0.2) is 24.5 Å². The van der Waals surface area contributed by atoms with Crippen LogP contribution in [-0.2, 0) is 0 Å². The van der Waals surface area contributed by atoms with Crippen LogP contribution in [0.4, 0.5) is 4.39 Å². The molecule has 76 valence electrons. The number of hydrogen-bond donors (Lipinski definition) is 1. The molecule has 0 spiro atoms. The van der Waals surface area contributed by atoms with E-state index in [-0.39, 0.29) is 11.9 Å². The standard InChI is InChI=1S/C11H15FN2/c12-10-4-2-1-3-9(10)11-5-7-14(11)8-6-13/h1-4,11H,5-8,13H2. The maximum Gasteiger partial charge on any atom is 0.127 e. The van der Waals surface area contributed by atoms with Crippen LogP contribution in [0.5, 0.6) is 0 Å². The zero-order valence-electron chi connectivity index (χ0n) is 8.12. The minimum Gasteiger partial charge on any atom is -0.329 e. The van der Waals surface area contributed by atoms with E-state index in [1.165, 1.54) is 6.07 Å². The third kappa shape index (κ3) is 1.65. The molecule has 2 rings (SSSR count). The maximum atomic E-state index is 13.4. The first-order valence-electron chi connectivity index (χ1n) is 5.01. The molecule has 0 aromatic heterocycles. The van der Waals surface area contributed by atoms with Crippen LogP contribution in [0.25, 0.3) is 0 Å². The number of likely N-dealkylation sites (tertiary alicyclic amines) is 1. The van der Waals surface area contributed by atoms with E-state index < -0.39 is 0 Å². The fraction of sp³-hybridized carbons (Fsp3) is 0.455. The summed E-state index contributed by atoms with van der Waals surface area (Å²) in [6.45, 7) is 2.54. The third-order valence-corrected chi connectivity index (χ3v) is 2.81. The predicted octanol–water partition coefficient (Wildman–Crippen LogP) is 1.53. The normalized spacial score (nSPS) is 22.0. The Kier molecular flexibility index (Phi) is 2.79. The molecule has 0 radical (unpaired) electrons. The highest BCUT2D eigenvalue weighted by Gasteiger charge is 2.30. The number of hydrogen-bond acceptors (Lipinski definition) is 2. The highest BCUT2D eigenvalue weighted by atomic mass is 19.1. The second-order valence-corrected chi connectivity index (χ2v) is 3.65. The number of nitrogens with zero attached hydrogens (tertiary/aromatic N) is 1. The van der Waals surface area contributed by atoms with Crippen LogP contribution in [0.3, 0.4) is 0 Å². The minimum absolute atomic E-state index is 0.0979. The number of benzene rings is 1. The van der Waals surface area contributed by atoms with E-state index in [0.29, 0.717) is 6.54 Å². The van der Waals surface area contributed by atoms with E-state index in [2.05, 4.69) is 4.90 Å². The Morgan fingerprint density at radius 1 is 1.43 bits per heavy atom. The first-order valence-corrected chi connectivity index (χ1v) is 5.01. The molecule has 1 atom stereocenters. The smallest absolute Gasteiger partial charge is 0.127 e. The summed E-state index contributed by atoms with van der Waals surface area (Å²) in [5, 5.41) is 0. The summed E-state index contributed by atoms with van der Waals surface area (Å²) in [6, 6.07) is 7.25. The van der Waals surface area contributed by atoms with Crippen LogP contribution >= 0.6 is 0 Å². The molecule has 0 amide bonds. The molecule has 1 aliphatic heterocycles. The Hall–Kier alpha value is -0.930. The van der Waals surface area contributed by atoms with Gasteiger partial charge in [0.2, 0.25) is 0 Å². The molecule has 0 bridgehead atoms. The molecule has 1 unspecified atom stereocenters. The van der Waals surface area contributed by atoms with Crippen molar-refractivity contribution in [3.8, 4) is 0 Å². The zero-order valence-corrected chi connectivity index (χ0v) is 8.12. The highest BCUT2D eigenvalue weighted by molar-refractivity contribution is 5.23. The summed E-state index contributed by atoms with van der Waals surface area (Å²) in [4.78, 5) is 2.22. The second kappa shape index (κ2) is 4.07. The van der Waals surface area contributed by atoms with Gasteiger partial charge in [-0.25, -0.2) is 4.39 Å². The number of nitrogens with two attached hydrogens (primary N) is 1. The lowest BCUT2D eigenvalue weighted by molar-refractivity contribution is 0.0921. The molecular weight excluding hydrogens is 179 g/mol. The predicted molar refractivity (Wildman–Crippen MR) is 54.4 cm³/mol. The Morgan fingerprint density at radius 2 is 2.21 bits per heavy atom. The minimum atomic E-state index is -0.0979. The molecule has 2 N–H and O–H groups in total. The fourth-order valence-electron chi connectivity index (χ4n) is 1.97. The van der Waals surface area contributed by atoms with Gasteiger partial charge in [-0.2, -0.15) is 0 Å². The van der Waals surface area contributed by atoms with Gasteiger partial charge in [0, 0.05) is 31.2 Å². The number of halogens is 1. The van der Waals surface area contributed by atoms with E-state index in [4.69, 9.17) is 5.73 Å². The molecule has 1 aliphatic rings. The van der Waals surface area contributed by atoms with Crippen molar-refractivity contribution in [1.82, 2.24) is 4.90 Å². The van der Waals surface area contributed by atoms with Crippen molar-refractivity contribution in [2.45, 2.75) is 12.5 Å². The van der Waals surface area contributed by atoms with Crippen molar-refractivity contribution in [1.29, 1.82) is 0 Å². The van der Waals surface area contributed by atoms with Gasteiger partial charge in [-0.15, -0.1) is 0 Å². The van der Waals surface area contributed by atoms with E-state index in [1.54, 1.807) is 6.07 Å². The van der Waals surface area contributed by atoms with Gasteiger partial charge < -0.3 is 5.73 Å². The first kappa shape index (κ1) is 9.62. The van der Waals surface area contributed by atoms with Crippen molar-refractivity contribution in [3.05, 3.63) is 35.6 Å². The molecule has 2 nitrogen and oxygen atoms in total. The van der Waals surface area contributed by atoms with Crippen molar-refractivity contribution >= 4 is 0 Å². The summed E-state index contributed by atoms with van der Waals surface area (Å²) in [5.74, 6) is -0.0979. The summed E-state index contributed by atoms with van der Waals surface area (Å²) < 4.78 is 13.4. The van der Waals surface area contributed by atoms with Gasteiger partial charge in [0.05, 0.1) is 0 Å². The fourth-order valence-corrected chi connectivity index (χ4v) is 1.97. The Labute approximate surface area is 83.5 Å². The van der Waals surface area contributed by atoms with Gasteiger partial charge in [-0.05, 0) is 12.5 Å². The first-order chi connectivity index (χ1) is 6.83. The average molecular weight is 194 g/mol. The lowest BCUT2D eigenvalue weighted by atomic mass is 9.94. The molecule has 1 fully saturated rings. The average Bonchev–Trinajstić information content (AvgIpc) is 2.16. The Bertz CT molecular complexity index is 314. The van der Waals surface area contributed by atoms with Crippen LogP contribution in [0.1, 0.15) is 18.0 Å². The summed E-state index contributed by atoms with van der Waals surface area (Å²) in [7, 11) is 0. The molecule has 0 saturated carbocycles. The van der Waals surface area contributed by atoms with Gasteiger partial charge >= 0.3 is 0 Å². The van der Waals surface area contributed by atoms with E-state index in [9.17, 15) is 4.39 Å². The molecule has 1 aromatic carbocycles. The quantitative estimate of drug-likeness (QED) is 0.790. The molecule has 0 aliphatic carbocycles. The Morgan fingerprint density at radius 3 is 2.79 bits per heavy atom. The summed E-state index contributed by atoms with van der Waals surface area (Å²) >= 11 is 0. The van der Waals surface area contributed by atoms with Crippen LogP contribution < -0.4 is 5.73 Å². The van der Waals surface area contributed by atoms with Gasteiger partial charge in [-0.3, -0.25) is 4.90 Å². The lowest BCUT2D eigenvalue weighted by Gasteiger charge is -2.41.